The lowest BCUT2D eigenvalue weighted by Crippen LogP contribution is -2.45. The van der Waals surface area contributed by atoms with Gasteiger partial charge < -0.3 is 24.1 Å². The minimum Gasteiger partial charge on any atom is -0.493 e. The normalized spacial score (nSPS) is 20.4. The summed E-state index contributed by atoms with van der Waals surface area (Å²) in [5, 5.41) is 11.5. The molecule has 2 aliphatic rings. The van der Waals surface area contributed by atoms with Crippen molar-refractivity contribution in [1.29, 1.82) is 0 Å². The Morgan fingerprint density at radius 3 is 2.78 bits per heavy atom. The van der Waals surface area contributed by atoms with Crippen molar-refractivity contribution in [3.05, 3.63) is 65.8 Å². The monoisotopic (exact) mass is 436 g/mol. The molecule has 168 valence electrons. The van der Waals surface area contributed by atoms with E-state index in [2.05, 4.69) is 6.58 Å². The summed E-state index contributed by atoms with van der Waals surface area (Å²) < 4.78 is 23.4. The van der Waals surface area contributed by atoms with E-state index in [-0.39, 0.29) is 13.2 Å². The van der Waals surface area contributed by atoms with Crippen LogP contribution in [0.4, 0.5) is 0 Å². The van der Waals surface area contributed by atoms with Gasteiger partial charge in [0.15, 0.2) is 5.60 Å². The third-order valence-corrected chi connectivity index (χ3v) is 5.45. The van der Waals surface area contributed by atoms with Crippen LogP contribution in [-0.2, 0) is 5.60 Å². The minimum atomic E-state index is -1.90. The number of fused-ring (bicyclic) bond motifs is 3. The molecule has 2 aromatic carbocycles. The molecule has 0 fully saturated rings. The van der Waals surface area contributed by atoms with E-state index in [1.807, 2.05) is 32.9 Å². The molecule has 32 heavy (non-hydrogen) atoms. The van der Waals surface area contributed by atoms with Gasteiger partial charge in [0.25, 0.3) is 0 Å². The second-order valence-electron chi connectivity index (χ2n) is 8.48. The number of hydrogen-bond acceptors (Lipinski definition) is 6. The first kappa shape index (κ1) is 22.0. The topological polar surface area (TPSA) is 74.2 Å². The molecular formula is C26H28O6. The number of rotatable bonds is 7. The van der Waals surface area contributed by atoms with E-state index >= 15 is 0 Å². The molecule has 2 aliphatic heterocycles. The zero-order chi connectivity index (χ0) is 22.9. The summed E-state index contributed by atoms with van der Waals surface area (Å²) >= 11 is 0. The second-order valence-corrected chi connectivity index (χ2v) is 8.48. The van der Waals surface area contributed by atoms with Crippen molar-refractivity contribution in [3.8, 4) is 23.0 Å². The van der Waals surface area contributed by atoms with E-state index in [4.69, 9.17) is 18.9 Å². The van der Waals surface area contributed by atoms with E-state index in [9.17, 15) is 9.90 Å². The van der Waals surface area contributed by atoms with Gasteiger partial charge in [-0.05, 0) is 56.7 Å². The number of ketones is 1. The van der Waals surface area contributed by atoms with E-state index in [1.165, 1.54) is 0 Å². The Balaban J connectivity index is 1.73. The predicted octanol–water partition coefficient (Wildman–Crippen LogP) is 4.69. The fourth-order valence-corrected chi connectivity index (χ4v) is 3.85. The van der Waals surface area contributed by atoms with Gasteiger partial charge in [0.1, 0.15) is 41.8 Å². The molecule has 4 rings (SSSR count). The van der Waals surface area contributed by atoms with E-state index < -0.39 is 17.0 Å². The van der Waals surface area contributed by atoms with Gasteiger partial charge in [0.05, 0.1) is 17.7 Å². The maximum absolute atomic E-state index is 13.5. The van der Waals surface area contributed by atoms with Gasteiger partial charge in [-0.15, -0.1) is 0 Å². The number of aliphatic hydroxyl groups is 1. The van der Waals surface area contributed by atoms with Crippen molar-refractivity contribution >= 4 is 11.9 Å². The van der Waals surface area contributed by atoms with Crippen molar-refractivity contribution in [1.82, 2.24) is 0 Å². The molecule has 0 saturated carbocycles. The summed E-state index contributed by atoms with van der Waals surface area (Å²) in [4.78, 5) is 13.5. The molecule has 0 bridgehead atoms. The summed E-state index contributed by atoms with van der Waals surface area (Å²) in [6.07, 6.45) is 6.27. The maximum Gasteiger partial charge on any atom is 0.206 e. The molecule has 0 aliphatic carbocycles. The first-order chi connectivity index (χ1) is 15.3. The number of benzene rings is 2. The molecule has 1 unspecified atom stereocenters. The largest absolute Gasteiger partial charge is 0.493 e. The van der Waals surface area contributed by atoms with E-state index in [0.29, 0.717) is 46.3 Å². The fourth-order valence-electron chi connectivity index (χ4n) is 3.85. The van der Waals surface area contributed by atoms with Crippen LogP contribution in [0.2, 0.25) is 0 Å². The van der Waals surface area contributed by atoms with Crippen molar-refractivity contribution < 1.29 is 28.8 Å². The first-order valence-electron chi connectivity index (χ1n) is 10.8. The number of Topliss-reactive ketones (excluding diaryl/α,β-unsaturated/α-hetero) is 1. The maximum atomic E-state index is 13.5. The lowest BCUT2D eigenvalue weighted by molar-refractivity contribution is -0.00670. The van der Waals surface area contributed by atoms with Gasteiger partial charge >= 0.3 is 0 Å². The minimum absolute atomic E-state index is 0.220. The van der Waals surface area contributed by atoms with Gasteiger partial charge in [0.2, 0.25) is 5.78 Å². The number of carbonyl (C=O) groups is 1. The van der Waals surface area contributed by atoms with Crippen LogP contribution in [0.25, 0.3) is 6.08 Å². The molecule has 2 heterocycles. The second kappa shape index (κ2) is 8.36. The zero-order valence-electron chi connectivity index (χ0n) is 18.6. The molecule has 0 spiro atoms. The van der Waals surface area contributed by atoms with Crippen LogP contribution in [0.3, 0.4) is 0 Å². The van der Waals surface area contributed by atoms with Gasteiger partial charge in [0, 0.05) is 11.6 Å². The zero-order valence-corrected chi connectivity index (χ0v) is 18.6. The molecule has 0 aromatic heterocycles. The average Bonchev–Trinajstić information content (AvgIpc) is 2.77. The molecule has 1 N–H and O–H groups in total. The van der Waals surface area contributed by atoms with Crippen LogP contribution in [-0.4, -0.2) is 36.3 Å². The van der Waals surface area contributed by atoms with Crippen LogP contribution >= 0.6 is 0 Å². The van der Waals surface area contributed by atoms with Crippen LogP contribution in [0.15, 0.2) is 49.1 Å². The quantitative estimate of drug-likeness (QED) is 0.635. The number of ether oxygens (including phenoxy) is 4. The summed E-state index contributed by atoms with van der Waals surface area (Å²) in [6, 6.07) is 8.43. The Morgan fingerprint density at radius 2 is 2.03 bits per heavy atom. The lowest BCUT2D eigenvalue weighted by Gasteiger charge is -2.36. The predicted molar refractivity (Wildman–Crippen MR) is 122 cm³/mol. The smallest absolute Gasteiger partial charge is 0.206 e. The van der Waals surface area contributed by atoms with Crippen LogP contribution in [0.5, 0.6) is 23.0 Å². The molecule has 0 radical (unpaired) electrons. The van der Waals surface area contributed by atoms with Gasteiger partial charge in [-0.3, -0.25) is 4.79 Å². The summed E-state index contributed by atoms with van der Waals surface area (Å²) in [7, 11) is 0. The average molecular weight is 437 g/mol. The molecule has 6 heteroatoms. The number of hydrogen-bond donors (Lipinski definition) is 1. The summed E-state index contributed by atoms with van der Waals surface area (Å²) in [5.41, 5.74) is -1.03. The summed E-state index contributed by atoms with van der Waals surface area (Å²) in [5.74, 6) is 1.55. The Morgan fingerprint density at radius 1 is 1.22 bits per heavy atom. The molecule has 1 atom stereocenters. The van der Waals surface area contributed by atoms with Crippen molar-refractivity contribution in [3.63, 3.8) is 0 Å². The molecule has 0 amide bonds. The van der Waals surface area contributed by atoms with Crippen molar-refractivity contribution in [2.45, 2.75) is 38.4 Å². The highest BCUT2D eigenvalue weighted by Crippen LogP contribution is 2.46. The highest BCUT2D eigenvalue weighted by Gasteiger charge is 2.47. The number of carbonyl (C=O) groups excluding carboxylic acids is 1. The highest BCUT2D eigenvalue weighted by molar-refractivity contribution is 6.07. The van der Waals surface area contributed by atoms with Gasteiger partial charge in [-0.25, -0.2) is 0 Å². The fraction of sp³-hybridized carbons (Fsp3) is 0.346. The van der Waals surface area contributed by atoms with Crippen LogP contribution < -0.4 is 18.9 Å². The third kappa shape index (κ3) is 3.86. The third-order valence-electron chi connectivity index (χ3n) is 5.45. The van der Waals surface area contributed by atoms with Gasteiger partial charge in [-0.2, -0.15) is 0 Å². The highest BCUT2D eigenvalue weighted by atomic mass is 16.5. The Hall–Kier alpha value is -3.25. The van der Waals surface area contributed by atoms with Crippen LogP contribution in [0.1, 0.15) is 48.7 Å². The van der Waals surface area contributed by atoms with Crippen molar-refractivity contribution in [2.24, 2.45) is 0 Å². The Labute approximate surface area is 188 Å². The van der Waals surface area contributed by atoms with Crippen LogP contribution in [0, 0.1) is 0 Å². The molecular weight excluding hydrogens is 408 g/mol. The molecule has 6 nitrogen and oxygen atoms in total. The Bertz CT molecular complexity index is 1080. The molecule has 0 saturated heterocycles. The Kier molecular flexibility index (Phi) is 5.73. The van der Waals surface area contributed by atoms with E-state index in [1.54, 1.807) is 36.4 Å². The standard InChI is InChI=1S/C26H28O6/c1-5-13-29-17-7-9-20(22(15-17)30-14-6-2)26(28)16-31-23-18-11-12-25(3,4)32-21(18)10-8-19(23)24(26)27/h6-12,15,28H,2,5,13-14,16H2,1,3-4H3. The van der Waals surface area contributed by atoms with Gasteiger partial charge in [-0.1, -0.05) is 19.6 Å². The molecule has 2 aromatic rings. The SMILES string of the molecule is C=CCOc1cc(OCCC)ccc1C1(O)COc2c(ccc3c2C=CC(C)(C)O3)C1=O. The summed E-state index contributed by atoms with van der Waals surface area (Å²) in [6.45, 7) is 10.1. The van der Waals surface area contributed by atoms with Crippen molar-refractivity contribution in [2.75, 3.05) is 19.8 Å². The van der Waals surface area contributed by atoms with E-state index in [0.717, 1.165) is 6.42 Å². The lowest BCUT2D eigenvalue weighted by atomic mass is 9.82. The first-order valence-corrected chi connectivity index (χ1v) is 10.8.